The number of para-hydroxylation sites is 1. The van der Waals surface area contributed by atoms with Crippen LogP contribution in [-0.4, -0.2) is 38.6 Å². The number of phenolic OH excluding ortho intramolecular Hbond substituents is 1. The second kappa shape index (κ2) is 12.2. The molecule has 4 amide bonds. The van der Waals surface area contributed by atoms with E-state index in [0.717, 1.165) is 21.0 Å². The van der Waals surface area contributed by atoms with Gasteiger partial charge in [0, 0.05) is 16.4 Å². The Kier molecular flexibility index (Phi) is 7.83. The van der Waals surface area contributed by atoms with Crippen molar-refractivity contribution in [2.24, 2.45) is 23.7 Å². The van der Waals surface area contributed by atoms with Crippen molar-refractivity contribution in [2.75, 3.05) is 5.43 Å². The summed E-state index contributed by atoms with van der Waals surface area (Å²) in [5.41, 5.74) is 5.93. The van der Waals surface area contributed by atoms with Crippen LogP contribution in [0.1, 0.15) is 45.9 Å². The average molecular weight is 684 g/mol. The summed E-state index contributed by atoms with van der Waals surface area (Å²) in [6, 6.07) is 26.1. The highest BCUT2D eigenvalue weighted by Gasteiger charge is 2.70. The number of amides is 4. The van der Waals surface area contributed by atoms with Crippen molar-refractivity contribution in [1.82, 2.24) is 9.91 Å². The Balaban J connectivity index is 1.32. The van der Waals surface area contributed by atoms with Gasteiger partial charge < -0.3 is 5.11 Å². The van der Waals surface area contributed by atoms with Crippen molar-refractivity contribution in [3.63, 3.8) is 0 Å². The van der Waals surface area contributed by atoms with Crippen molar-refractivity contribution < 1.29 is 24.3 Å². The predicted octanol–water partition coefficient (Wildman–Crippen LogP) is 6.68. The van der Waals surface area contributed by atoms with Gasteiger partial charge in [0.15, 0.2) is 0 Å². The molecule has 0 spiro atoms. The van der Waals surface area contributed by atoms with Crippen molar-refractivity contribution >= 4 is 40.7 Å². The first kappa shape index (κ1) is 32.0. The smallest absolute Gasteiger partial charge is 0.260 e. The summed E-state index contributed by atoms with van der Waals surface area (Å²) in [4.78, 5) is 60.6. The maximum atomic E-state index is 15.3. The molecule has 4 aliphatic rings. The molecule has 2 aliphatic heterocycles. The molecule has 3 aromatic carbocycles. The number of hydrogen-bond donors (Lipinski definition) is 2. The Morgan fingerprint density at radius 1 is 0.920 bits per heavy atom. The monoisotopic (exact) mass is 683 g/mol. The molecule has 3 fully saturated rings. The number of allylic oxidation sites excluding steroid dienone is 3. The van der Waals surface area contributed by atoms with Gasteiger partial charge in [-0.1, -0.05) is 90.0 Å². The lowest BCUT2D eigenvalue weighted by molar-refractivity contribution is -0.141. The standard InChI is InChI=1S/C41H37N3O5S/c1-3-9-25-10-7-14-31(36(25)45)35-29-19-20-30-34(39(48)43(37(30)46)23-28-13-8-21-50-28)32(29)22-33-38(47)44(42-27-17-15-24(2)16-18-27)40(49)41(33,35)26-11-5-4-6-12-26/h3-8,10-19,21,30,32-35,42,45H,1,9,20,22-23H2,2H3. The molecule has 2 N–H and O–H groups in total. The van der Waals surface area contributed by atoms with Gasteiger partial charge in [0.25, 0.3) is 11.8 Å². The van der Waals surface area contributed by atoms with E-state index in [4.69, 9.17) is 0 Å². The van der Waals surface area contributed by atoms with Crippen LogP contribution in [0.5, 0.6) is 5.75 Å². The summed E-state index contributed by atoms with van der Waals surface area (Å²) in [7, 11) is 0. The number of hydrogen-bond acceptors (Lipinski definition) is 7. The third kappa shape index (κ3) is 4.70. The number of benzene rings is 3. The SMILES string of the molecule is C=CCc1cccc(C2C3=CCC4C(=O)N(Cc5cccs5)C(=O)C4C3CC3C(=O)N(Nc4ccc(C)cc4)C(=O)C32c2ccccc2)c1O. The van der Waals surface area contributed by atoms with E-state index >= 15 is 4.79 Å². The Morgan fingerprint density at radius 2 is 1.70 bits per heavy atom. The molecule has 6 atom stereocenters. The minimum Gasteiger partial charge on any atom is -0.507 e. The number of imide groups is 2. The van der Waals surface area contributed by atoms with Crippen LogP contribution in [0.4, 0.5) is 5.69 Å². The molecule has 1 aromatic heterocycles. The maximum absolute atomic E-state index is 15.3. The van der Waals surface area contributed by atoms with Crippen LogP contribution in [0.2, 0.25) is 0 Å². The topological polar surface area (TPSA) is 107 Å². The number of phenols is 1. The number of hydrazine groups is 1. The summed E-state index contributed by atoms with van der Waals surface area (Å²) in [5, 5.41) is 15.0. The molecular weight excluding hydrogens is 647 g/mol. The zero-order chi connectivity index (χ0) is 34.7. The summed E-state index contributed by atoms with van der Waals surface area (Å²) in [5.74, 6) is -4.66. The number of aromatic hydroxyl groups is 1. The maximum Gasteiger partial charge on any atom is 0.260 e. The molecule has 1 saturated carbocycles. The van der Waals surface area contributed by atoms with Gasteiger partial charge in [0.05, 0.1) is 35.4 Å². The molecular formula is C41H37N3O5S. The lowest BCUT2D eigenvalue weighted by Gasteiger charge is -2.50. The number of carbonyl (C=O) groups is 4. The summed E-state index contributed by atoms with van der Waals surface area (Å²) in [6.07, 6.45) is 4.67. The third-order valence-electron chi connectivity index (χ3n) is 11.2. The van der Waals surface area contributed by atoms with Gasteiger partial charge in [0.1, 0.15) is 5.75 Å². The Labute approximate surface area is 294 Å². The number of likely N-dealkylation sites (tertiary alicyclic amines) is 1. The van der Waals surface area contributed by atoms with Gasteiger partial charge in [-0.2, -0.15) is 5.01 Å². The first-order valence-corrected chi connectivity index (χ1v) is 17.9. The zero-order valence-corrected chi connectivity index (χ0v) is 28.4. The van der Waals surface area contributed by atoms with Gasteiger partial charge in [-0.05, 0) is 66.8 Å². The fourth-order valence-electron chi connectivity index (χ4n) is 9.04. The second-order valence-electron chi connectivity index (χ2n) is 13.8. The highest BCUT2D eigenvalue weighted by Crippen LogP contribution is 2.65. The normalized spacial score (nSPS) is 27.1. The number of thiophene rings is 1. The molecule has 252 valence electrons. The number of fused-ring (bicyclic) bond motifs is 4. The number of nitrogens with zero attached hydrogens (tertiary/aromatic N) is 2. The van der Waals surface area contributed by atoms with Gasteiger partial charge in [-0.25, -0.2) is 0 Å². The van der Waals surface area contributed by atoms with Crippen LogP contribution < -0.4 is 5.43 Å². The van der Waals surface area contributed by atoms with Gasteiger partial charge in [-0.15, -0.1) is 17.9 Å². The van der Waals surface area contributed by atoms with Crippen molar-refractivity contribution in [2.45, 2.75) is 44.1 Å². The molecule has 2 saturated heterocycles. The van der Waals surface area contributed by atoms with Crippen LogP contribution in [0, 0.1) is 30.6 Å². The second-order valence-corrected chi connectivity index (χ2v) is 14.8. The molecule has 4 aromatic rings. The summed E-state index contributed by atoms with van der Waals surface area (Å²) >= 11 is 1.50. The molecule has 50 heavy (non-hydrogen) atoms. The van der Waals surface area contributed by atoms with E-state index < -0.39 is 46.8 Å². The molecule has 2 aliphatic carbocycles. The van der Waals surface area contributed by atoms with Crippen LogP contribution >= 0.6 is 11.3 Å². The van der Waals surface area contributed by atoms with E-state index in [1.807, 2.05) is 103 Å². The largest absolute Gasteiger partial charge is 0.507 e. The Morgan fingerprint density at radius 3 is 2.42 bits per heavy atom. The molecule has 8 nitrogen and oxygen atoms in total. The fraction of sp³-hybridized carbons (Fsp3) is 0.268. The lowest BCUT2D eigenvalue weighted by Crippen LogP contribution is -2.53. The van der Waals surface area contributed by atoms with Crippen LogP contribution in [0.3, 0.4) is 0 Å². The molecule has 8 rings (SSSR count). The number of anilines is 1. The number of carbonyl (C=O) groups excluding carboxylic acids is 4. The minimum absolute atomic E-state index is 0.0356. The van der Waals surface area contributed by atoms with E-state index in [0.29, 0.717) is 35.2 Å². The van der Waals surface area contributed by atoms with Crippen LogP contribution in [0.25, 0.3) is 0 Å². The van der Waals surface area contributed by atoms with Crippen molar-refractivity contribution in [3.05, 3.63) is 142 Å². The summed E-state index contributed by atoms with van der Waals surface area (Å²) < 4.78 is 0. The van der Waals surface area contributed by atoms with Crippen molar-refractivity contribution in [3.8, 4) is 5.75 Å². The minimum atomic E-state index is -1.45. The fourth-order valence-corrected chi connectivity index (χ4v) is 9.73. The third-order valence-corrected chi connectivity index (χ3v) is 12.1. The van der Waals surface area contributed by atoms with E-state index in [-0.39, 0.29) is 30.5 Å². The van der Waals surface area contributed by atoms with Crippen LogP contribution in [-0.2, 0) is 37.6 Å². The lowest BCUT2D eigenvalue weighted by atomic mass is 9.49. The molecule has 0 radical (unpaired) electrons. The molecule has 0 bridgehead atoms. The molecule has 9 heteroatoms. The van der Waals surface area contributed by atoms with E-state index in [1.54, 1.807) is 6.08 Å². The Bertz CT molecular complexity index is 2060. The first-order valence-electron chi connectivity index (χ1n) is 17.0. The number of nitrogens with one attached hydrogen (secondary N) is 1. The van der Waals surface area contributed by atoms with Gasteiger partial charge >= 0.3 is 0 Å². The molecule has 6 unspecified atom stereocenters. The first-order chi connectivity index (χ1) is 24.2. The van der Waals surface area contributed by atoms with Crippen molar-refractivity contribution in [1.29, 1.82) is 0 Å². The quantitative estimate of drug-likeness (QED) is 0.159. The van der Waals surface area contributed by atoms with Gasteiger partial charge in [0.2, 0.25) is 11.8 Å². The molecule has 3 heterocycles. The summed E-state index contributed by atoms with van der Waals surface area (Å²) in [6.45, 7) is 6.05. The number of aryl methyl sites for hydroxylation is 1. The van der Waals surface area contributed by atoms with E-state index in [1.165, 1.54) is 16.2 Å². The average Bonchev–Trinajstić information content (AvgIpc) is 3.79. The highest BCUT2D eigenvalue weighted by molar-refractivity contribution is 7.09. The predicted molar refractivity (Wildman–Crippen MR) is 191 cm³/mol. The van der Waals surface area contributed by atoms with E-state index in [2.05, 4.69) is 12.0 Å². The Hall–Kier alpha value is -5.28. The number of rotatable bonds is 8. The highest BCUT2D eigenvalue weighted by atomic mass is 32.1. The van der Waals surface area contributed by atoms with E-state index in [9.17, 15) is 19.5 Å². The van der Waals surface area contributed by atoms with Crippen LogP contribution in [0.15, 0.2) is 115 Å². The van der Waals surface area contributed by atoms with Gasteiger partial charge in [-0.3, -0.25) is 29.5 Å². The zero-order valence-electron chi connectivity index (χ0n) is 27.6.